The molecule has 1 aliphatic rings. The van der Waals surface area contributed by atoms with Crippen LogP contribution in [0.2, 0.25) is 0 Å². The maximum absolute atomic E-state index is 5.51. The summed E-state index contributed by atoms with van der Waals surface area (Å²) in [5.41, 5.74) is 6.74. The van der Waals surface area contributed by atoms with Gasteiger partial charge < -0.3 is 5.73 Å². The highest BCUT2D eigenvalue weighted by molar-refractivity contribution is 5.85. The van der Waals surface area contributed by atoms with Gasteiger partial charge in [-0.3, -0.25) is 0 Å². The maximum Gasteiger partial charge on any atom is 0.129 e. The molecular formula is C12H20ClN3. The van der Waals surface area contributed by atoms with Gasteiger partial charge in [-0.1, -0.05) is 19.3 Å². The van der Waals surface area contributed by atoms with E-state index in [1.165, 1.54) is 37.8 Å². The molecule has 1 aromatic rings. The normalized spacial score (nSPS) is 16.8. The van der Waals surface area contributed by atoms with Gasteiger partial charge in [-0.05, 0) is 25.5 Å². The Labute approximate surface area is 103 Å². The molecule has 1 heterocycles. The highest BCUT2D eigenvalue weighted by Crippen LogP contribution is 2.31. The molecule has 0 aromatic carbocycles. The van der Waals surface area contributed by atoms with Gasteiger partial charge in [-0.25, -0.2) is 9.97 Å². The van der Waals surface area contributed by atoms with Crippen molar-refractivity contribution in [3.05, 3.63) is 23.8 Å². The molecule has 0 spiro atoms. The van der Waals surface area contributed by atoms with Crippen LogP contribution in [-0.4, -0.2) is 16.5 Å². The number of aromatic nitrogens is 2. The molecule has 0 aliphatic heterocycles. The van der Waals surface area contributed by atoms with Crippen LogP contribution < -0.4 is 5.73 Å². The van der Waals surface area contributed by atoms with Crippen molar-refractivity contribution >= 4 is 12.4 Å². The quantitative estimate of drug-likeness (QED) is 0.885. The van der Waals surface area contributed by atoms with E-state index >= 15 is 0 Å². The van der Waals surface area contributed by atoms with Crippen LogP contribution in [0.25, 0.3) is 0 Å². The van der Waals surface area contributed by atoms with Gasteiger partial charge in [0.15, 0.2) is 0 Å². The van der Waals surface area contributed by atoms with Crippen molar-refractivity contribution in [3.63, 3.8) is 0 Å². The third-order valence-corrected chi connectivity index (χ3v) is 3.12. The van der Waals surface area contributed by atoms with E-state index in [-0.39, 0.29) is 12.4 Å². The van der Waals surface area contributed by atoms with Gasteiger partial charge in [-0.15, -0.1) is 12.4 Å². The summed E-state index contributed by atoms with van der Waals surface area (Å²) in [6.45, 7) is 0.633. The lowest BCUT2D eigenvalue weighted by Crippen LogP contribution is -2.11. The summed E-state index contributed by atoms with van der Waals surface area (Å²) in [6.07, 6.45) is 9.33. The first-order valence-electron chi connectivity index (χ1n) is 5.92. The minimum atomic E-state index is 0. The molecule has 3 nitrogen and oxygen atoms in total. The summed E-state index contributed by atoms with van der Waals surface area (Å²) in [4.78, 5) is 8.83. The Kier molecular flexibility index (Phi) is 5.71. The zero-order chi connectivity index (χ0) is 10.5. The average molecular weight is 242 g/mol. The van der Waals surface area contributed by atoms with Gasteiger partial charge in [0.2, 0.25) is 0 Å². The first-order valence-corrected chi connectivity index (χ1v) is 5.92. The van der Waals surface area contributed by atoms with Gasteiger partial charge in [0.1, 0.15) is 5.82 Å². The fourth-order valence-corrected chi connectivity index (χ4v) is 2.29. The Bertz CT molecular complexity index is 311. The molecule has 1 fully saturated rings. The number of hydrogen-bond acceptors (Lipinski definition) is 3. The highest BCUT2D eigenvalue weighted by atomic mass is 35.5. The fourth-order valence-electron chi connectivity index (χ4n) is 2.29. The maximum atomic E-state index is 5.51. The topological polar surface area (TPSA) is 51.8 Å². The molecule has 1 aliphatic carbocycles. The second-order valence-corrected chi connectivity index (χ2v) is 4.27. The van der Waals surface area contributed by atoms with E-state index in [0.717, 1.165) is 12.2 Å². The second kappa shape index (κ2) is 6.81. The lowest BCUT2D eigenvalue weighted by molar-refractivity contribution is 0.435. The van der Waals surface area contributed by atoms with Gasteiger partial charge >= 0.3 is 0 Å². The smallest absolute Gasteiger partial charge is 0.129 e. The average Bonchev–Trinajstić information content (AvgIpc) is 2.31. The minimum Gasteiger partial charge on any atom is -0.330 e. The van der Waals surface area contributed by atoms with Crippen LogP contribution in [0.4, 0.5) is 0 Å². The van der Waals surface area contributed by atoms with E-state index in [2.05, 4.69) is 16.0 Å². The van der Waals surface area contributed by atoms with E-state index in [0.29, 0.717) is 12.5 Å². The van der Waals surface area contributed by atoms with Crippen molar-refractivity contribution in [2.45, 2.75) is 44.4 Å². The van der Waals surface area contributed by atoms with Crippen molar-refractivity contribution in [2.24, 2.45) is 5.73 Å². The van der Waals surface area contributed by atoms with E-state index in [4.69, 9.17) is 5.73 Å². The molecule has 0 radical (unpaired) electrons. The van der Waals surface area contributed by atoms with Gasteiger partial charge in [0.25, 0.3) is 0 Å². The molecule has 16 heavy (non-hydrogen) atoms. The predicted molar refractivity (Wildman–Crippen MR) is 67.9 cm³/mol. The summed E-state index contributed by atoms with van der Waals surface area (Å²) in [7, 11) is 0. The van der Waals surface area contributed by atoms with Crippen molar-refractivity contribution in [1.82, 2.24) is 9.97 Å². The number of nitrogens with zero attached hydrogens (tertiary/aromatic N) is 2. The number of nitrogens with two attached hydrogens (primary N) is 1. The summed E-state index contributed by atoms with van der Waals surface area (Å²) >= 11 is 0. The van der Waals surface area contributed by atoms with Crippen molar-refractivity contribution < 1.29 is 0 Å². The predicted octanol–water partition coefficient (Wildman–Crippen LogP) is 2.45. The Hall–Kier alpha value is -0.670. The van der Waals surface area contributed by atoms with Crippen LogP contribution in [-0.2, 0) is 6.42 Å². The molecule has 90 valence electrons. The molecular weight excluding hydrogens is 222 g/mol. The summed E-state index contributed by atoms with van der Waals surface area (Å²) in [5, 5.41) is 0. The number of rotatable bonds is 3. The molecule has 0 bridgehead atoms. The first-order chi connectivity index (χ1) is 7.40. The largest absolute Gasteiger partial charge is 0.330 e. The molecule has 2 N–H and O–H groups in total. The monoisotopic (exact) mass is 241 g/mol. The van der Waals surface area contributed by atoms with Crippen LogP contribution in [0.3, 0.4) is 0 Å². The van der Waals surface area contributed by atoms with Gasteiger partial charge in [0.05, 0.1) is 0 Å². The molecule has 2 rings (SSSR count). The number of halogens is 1. The Morgan fingerprint density at radius 3 is 2.69 bits per heavy atom. The van der Waals surface area contributed by atoms with Crippen LogP contribution in [0.5, 0.6) is 0 Å². The molecule has 0 unspecified atom stereocenters. The first kappa shape index (κ1) is 13.4. The molecule has 0 saturated heterocycles. The van der Waals surface area contributed by atoms with Crippen molar-refractivity contribution in [1.29, 1.82) is 0 Å². The van der Waals surface area contributed by atoms with E-state index in [1.54, 1.807) is 0 Å². The molecule has 0 amide bonds. The van der Waals surface area contributed by atoms with Crippen molar-refractivity contribution in [2.75, 3.05) is 6.54 Å². The lowest BCUT2D eigenvalue weighted by Gasteiger charge is -2.21. The standard InChI is InChI=1S/C12H19N3.ClH/c13-8-6-12-14-9-7-11(15-12)10-4-2-1-3-5-10;/h7,9-10H,1-6,8,13H2;1H. The lowest BCUT2D eigenvalue weighted by atomic mass is 9.87. The Balaban J connectivity index is 0.00000128. The highest BCUT2D eigenvalue weighted by Gasteiger charge is 2.16. The van der Waals surface area contributed by atoms with E-state index in [1.807, 2.05) is 6.20 Å². The fraction of sp³-hybridized carbons (Fsp3) is 0.667. The third-order valence-electron chi connectivity index (χ3n) is 3.12. The van der Waals surface area contributed by atoms with Crippen molar-refractivity contribution in [3.8, 4) is 0 Å². The van der Waals surface area contributed by atoms with Crippen LogP contribution in [0, 0.1) is 0 Å². The molecule has 4 heteroatoms. The van der Waals surface area contributed by atoms with Crippen LogP contribution in [0.1, 0.15) is 49.5 Å². The second-order valence-electron chi connectivity index (χ2n) is 4.27. The minimum absolute atomic E-state index is 0. The zero-order valence-electron chi connectivity index (χ0n) is 9.56. The van der Waals surface area contributed by atoms with E-state index < -0.39 is 0 Å². The Morgan fingerprint density at radius 2 is 2.00 bits per heavy atom. The van der Waals surface area contributed by atoms with Gasteiger partial charge in [-0.2, -0.15) is 0 Å². The van der Waals surface area contributed by atoms with E-state index in [9.17, 15) is 0 Å². The third kappa shape index (κ3) is 3.42. The molecule has 1 aromatic heterocycles. The molecule has 0 atom stereocenters. The van der Waals surface area contributed by atoms with Gasteiger partial charge in [0, 0.05) is 24.2 Å². The van der Waals surface area contributed by atoms with Crippen LogP contribution in [0.15, 0.2) is 12.3 Å². The summed E-state index contributed by atoms with van der Waals surface area (Å²) < 4.78 is 0. The molecule has 1 saturated carbocycles. The zero-order valence-corrected chi connectivity index (χ0v) is 10.4. The summed E-state index contributed by atoms with van der Waals surface area (Å²) in [5.74, 6) is 1.57. The number of hydrogen-bond donors (Lipinski definition) is 1. The SMILES string of the molecule is Cl.NCCc1nccc(C2CCCCC2)n1. The summed E-state index contributed by atoms with van der Waals surface area (Å²) in [6, 6.07) is 2.07. The van der Waals surface area contributed by atoms with Crippen LogP contribution >= 0.6 is 12.4 Å². The Morgan fingerprint density at radius 1 is 1.25 bits per heavy atom.